The van der Waals surface area contributed by atoms with Crippen molar-refractivity contribution in [3.8, 4) is 5.75 Å². The lowest BCUT2D eigenvalue weighted by atomic mass is 10.1. The number of rotatable bonds is 14. The summed E-state index contributed by atoms with van der Waals surface area (Å²) >= 11 is 0. The molecule has 2 rings (SSSR count). The molecule has 0 aliphatic heterocycles. The lowest BCUT2D eigenvalue weighted by molar-refractivity contribution is 0.291. The highest BCUT2D eigenvalue weighted by Crippen LogP contribution is 2.25. The first-order valence-corrected chi connectivity index (χ1v) is 11.0. The van der Waals surface area contributed by atoms with Crippen molar-refractivity contribution in [1.29, 1.82) is 0 Å². The normalized spacial score (nSPS) is 11.2. The van der Waals surface area contributed by atoms with E-state index >= 15 is 0 Å². The van der Waals surface area contributed by atoms with Gasteiger partial charge in [0.1, 0.15) is 11.1 Å². The van der Waals surface area contributed by atoms with E-state index in [1.165, 1.54) is 32.1 Å². The van der Waals surface area contributed by atoms with Gasteiger partial charge in [-0.2, -0.15) is 0 Å². The summed E-state index contributed by atoms with van der Waals surface area (Å²) in [6.45, 7) is 4.82. The number of ether oxygens (including phenoxy) is 1. The number of fused-ring (bicyclic) bond motifs is 1. The van der Waals surface area contributed by atoms with Crippen LogP contribution in [0.15, 0.2) is 27.4 Å². The third-order valence-electron chi connectivity index (χ3n) is 5.17. The Bertz CT molecular complexity index is 766. The first kappa shape index (κ1) is 22.4. The Balaban J connectivity index is 1.93. The molecule has 3 nitrogen and oxygen atoms in total. The molecule has 0 amide bonds. The van der Waals surface area contributed by atoms with Crippen molar-refractivity contribution in [3.05, 3.63) is 40.2 Å². The molecule has 4 heteroatoms. The van der Waals surface area contributed by atoms with Gasteiger partial charge in [0.25, 0.3) is 0 Å². The van der Waals surface area contributed by atoms with Gasteiger partial charge in [0, 0.05) is 6.42 Å². The lowest BCUT2D eigenvalue weighted by Crippen LogP contribution is -2.07. The van der Waals surface area contributed by atoms with Crippen LogP contribution in [-0.4, -0.2) is 6.61 Å². The second-order valence-corrected chi connectivity index (χ2v) is 7.62. The molecule has 1 aromatic carbocycles. The Hall–Kier alpha value is -1.84. The van der Waals surface area contributed by atoms with Gasteiger partial charge in [-0.05, 0) is 30.4 Å². The highest BCUT2D eigenvalue weighted by atomic mass is 19.1. The van der Waals surface area contributed by atoms with Crippen molar-refractivity contribution < 1.29 is 13.5 Å². The van der Waals surface area contributed by atoms with Gasteiger partial charge in [-0.15, -0.1) is 0 Å². The molecule has 0 saturated carbocycles. The van der Waals surface area contributed by atoms with Gasteiger partial charge in [0.2, 0.25) is 0 Å². The topological polar surface area (TPSA) is 39.4 Å². The summed E-state index contributed by atoms with van der Waals surface area (Å²) in [5.41, 5.74) is -0.607. The van der Waals surface area contributed by atoms with E-state index in [1.807, 2.05) is 0 Å². The van der Waals surface area contributed by atoms with Gasteiger partial charge in [-0.3, -0.25) is 0 Å². The van der Waals surface area contributed by atoms with Gasteiger partial charge in [-0.25, -0.2) is 9.18 Å². The minimum Gasteiger partial charge on any atom is -0.490 e. The molecule has 2 aromatic rings. The van der Waals surface area contributed by atoms with Crippen molar-refractivity contribution in [3.63, 3.8) is 0 Å². The smallest absolute Gasteiger partial charge is 0.346 e. The summed E-state index contributed by atoms with van der Waals surface area (Å²) in [5.74, 6) is 0.166. The second kappa shape index (κ2) is 12.6. The predicted molar refractivity (Wildman–Crippen MR) is 114 cm³/mol. The molecule has 0 spiro atoms. The Morgan fingerprint density at radius 2 is 1.54 bits per heavy atom. The maximum Gasteiger partial charge on any atom is 0.346 e. The first-order chi connectivity index (χ1) is 13.7. The van der Waals surface area contributed by atoms with Crippen LogP contribution in [0.25, 0.3) is 10.8 Å². The van der Waals surface area contributed by atoms with E-state index in [-0.39, 0.29) is 11.1 Å². The highest BCUT2D eigenvalue weighted by molar-refractivity contribution is 5.83. The van der Waals surface area contributed by atoms with E-state index in [9.17, 15) is 9.18 Å². The molecule has 156 valence electrons. The molecule has 0 atom stereocenters. The molecule has 0 radical (unpaired) electrons. The van der Waals surface area contributed by atoms with Crippen molar-refractivity contribution in [2.24, 2.45) is 0 Å². The zero-order chi connectivity index (χ0) is 20.2. The molecule has 0 aliphatic rings. The standard InChI is InChI=1S/C24H35FO3/c1-3-5-7-9-10-11-12-14-20-18-19-15-16-21(27-17-13-8-6-4-2)23(25)22(19)24(26)28-20/h15-16,18H,3-14,17H2,1-2H3. The second-order valence-electron chi connectivity index (χ2n) is 7.62. The number of halogens is 1. The molecule has 28 heavy (non-hydrogen) atoms. The molecular formula is C24H35FO3. The number of aryl methyl sites for hydroxylation is 1. The zero-order valence-electron chi connectivity index (χ0n) is 17.5. The summed E-state index contributed by atoms with van der Waals surface area (Å²) in [4.78, 5) is 12.3. The zero-order valence-corrected chi connectivity index (χ0v) is 17.5. The van der Waals surface area contributed by atoms with Crippen LogP contribution in [0.1, 0.15) is 90.2 Å². The molecule has 0 aliphatic carbocycles. The molecule has 1 aromatic heterocycles. The quantitative estimate of drug-likeness (QED) is 0.321. The Morgan fingerprint density at radius 1 is 0.893 bits per heavy atom. The highest BCUT2D eigenvalue weighted by Gasteiger charge is 2.14. The molecule has 1 heterocycles. The van der Waals surface area contributed by atoms with Crippen molar-refractivity contribution in [2.75, 3.05) is 6.61 Å². The van der Waals surface area contributed by atoms with Crippen molar-refractivity contribution in [1.82, 2.24) is 0 Å². The van der Waals surface area contributed by atoms with E-state index in [0.29, 0.717) is 17.8 Å². The minimum atomic E-state index is -0.607. The van der Waals surface area contributed by atoms with Gasteiger partial charge in [0.15, 0.2) is 11.6 Å². The van der Waals surface area contributed by atoms with Gasteiger partial charge >= 0.3 is 5.63 Å². The lowest BCUT2D eigenvalue weighted by Gasteiger charge is -2.09. The predicted octanol–water partition coefficient (Wildman–Crippen LogP) is 7.18. The fourth-order valence-corrected chi connectivity index (χ4v) is 3.47. The number of unbranched alkanes of at least 4 members (excludes halogenated alkanes) is 9. The van der Waals surface area contributed by atoms with Gasteiger partial charge in [-0.1, -0.05) is 77.7 Å². The van der Waals surface area contributed by atoms with Crippen LogP contribution >= 0.6 is 0 Å². The van der Waals surface area contributed by atoms with Crippen molar-refractivity contribution in [2.45, 2.75) is 90.9 Å². The monoisotopic (exact) mass is 390 g/mol. The maximum absolute atomic E-state index is 14.7. The van der Waals surface area contributed by atoms with Crippen LogP contribution in [0.3, 0.4) is 0 Å². The molecule has 0 saturated heterocycles. The van der Waals surface area contributed by atoms with E-state index < -0.39 is 11.4 Å². The Labute approximate surface area is 168 Å². The van der Waals surface area contributed by atoms with Crippen LogP contribution in [0, 0.1) is 5.82 Å². The van der Waals surface area contributed by atoms with E-state index in [2.05, 4.69) is 13.8 Å². The average molecular weight is 391 g/mol. The fraction of sp³-hybridized carbons (Fsp3) is 0.625. The average Bonchev–Trinajstić information content (AvgIpc) is 2.68. The largest absolute Gasteiger partial charge is 0.490 e. The SMILES string of the molecule is CCCCCCCCCc1cc2ccc(OCCCCCC)c(F)c2c(=O)o1. The first-order valence-electron chi connectivity index (χ1n) is 11.0. The van der Waals surface area contributed by atoms with Crippen LogP contribution in [-0.2, 0) is 6.42 Å². The third-order valence-corrected chi connectivity index (χ3v) is 5.17. The Kier molecular flexibility index (Phi) is 10.1. The fourth-order valence-electron chi connectivity index (χ4n) is 3.47. The van der Waals surface area contributed by atoms with E-state index in [4.69, 9.17) is 9.15 Å². The van der Waals surface area contributed by atoms with Crippen LogP contribution < -0.4 is 10.4 Å². The molecule has 0 bridgehead atoms. The Morgan fingerprint density at radius 3 is 2.25 bits per heavy atom. The van der Waals surface area contributed by atoms with Crippen LogP contribution in [0.5, 0.6) is 5.75 Å². The third kappa shape index (κ3) is 6.96. The number of benzene rings is 1. The minimum absolute atomic E-state index is 0.00521. The summed E-state index contributed by atoms with van der Waals surface area (Å²) in [6, 6.07) is 5.17. The molecular weight excluding hydrogens is 355 g/mol. The summed E-state index contributed by atoms with van der Waals surface area (Å²) in [6.07, 6.45) is 13.4. The maximum atomic E-state index is 14.7. The summed E-state index contributed by atoms with van der Waals surface area (Å²) < 4.78 is 25.6. The van der Waals surface area contributed by atoms with E-state index in [0.717, 1.165) is 44.9 Å². The number of hydrogen-bond donors (Lipinski definition) is 0. The van der Waals surface area contributed by atoms with Crippen LogP contribution in [0.4, 0.5) is 4.39 Å². The van der Waals surface area contributed by atoms with Gasteiger partial charge in [0.05, 0.1) is 6.61 Å². The summed E-state index contributed by atoms with van der Waals surface area (Å²) in [7, 11) is 0. The molecule has 0 N–H and O–H groups in total. The van der Waals surface area contributed by atoms with Crippen molar-refractivity contribution >= 4 is 10.8 Å². The summed E-state index contributed by atoms with van der Waals surface area (Å²) in [5, 5.41) is 0.583. The van der Waals surface area contributed by atoms with E-state index in [1.54, 1.807) is 18.2 Å². The number of hydrogen-bond acceptors (Lipinski definition) is 3. The molecule has 0 fully saturated rings. The van der Waals surface area contributed by atoms with Gasteiger partial charge < -0.3 is 9.15 Å². The molecule has 0 unspecified atom stereocenters. The van der Waals surface area contributed by atoms with Crippen LogP contribution in [0.2, 0.25) is 0 Å².